The van der Waals surface area contributed by atoms with E-state index in [2.05, 4.69) is 0 Å². The Balaban J connectivity index is 1.20. The molecular weight excluding hydrogens is 771 g/mol. The number of rotatable bonds is 6. The molecule has 0 spiro atoms. The number of fused-ring (bicyclic) bond motifs is 9. The molecule has 6 nitrogen and oxygen atoms in total. The van der Waals surface area contributed by atoms with Crippen LogP contribution in [0.5, 0.6) is 0 Å². The van der Waals surface area contributed by atoms with Crippen molar-refractivity contribution < 1.29 is 35.9 Å². The molecule has 0 amide bonds. The number of aromatic nitrogens is 5. The van der Waals surface area contributed by atoms with E-state index in [4.69, 9.17) is 33.1 Å². The minimum atomic E-state index is -0.897. The van der Waals surface area contributed by atoms with Gasteiger partial charge in [0.1, 0.15) is 11.2 Å². The summed E-state index contributed by atoms with van der Waals surface area (Å²) in [5, 5.41) is -1.38. The van der Waals surface area contributed by atoms with Gasteiger partial charge in [0.05, 0.1) is 53.6 Å². The van der Waals surface area contributed by atoms with E-state index in [1.165, 1.54) is 16.7 Å². The van der Waals surface area contributed by atoms with Crippen LogP contribution in [0.25, 0.3) is 122 Å². The highest BCUT2D eigenvalue weighted by Gasteiger charge is 2.22. The van der Waals surface area contributed by atoms with Gasteiger partial charge < -0.3 is 13.6 Å². The topological polar surface area (TPSA) is 61.7 Å². The zero-order chi connectivity index (χ0) is 61.4. The molecule has 9 aromatic carbocycles. The molecule has 4 heterocycles. The molecule has 0 unspecified atom stereocenters. The van der Waals surface area contributed by atoms with Gasteiger partial charge in [-0.15, -0.1) is 0 Å². The molecular formula is C57H35N5O. The molecule has 0 radical (unpaired) electrons. The van der Waals surface area contributed by atoms with Crippen LogP contribution in [0.3, 0.4) is 0 Å². The Hall–Kier alpha value is -8.61. The predicted molar refractivity (Wildman–Crippen MR) is 258 cm³/mol. The zero-order valence-electron chi connectivity index (χ0n) is 55.1. The normalized spacial score (nSPS) is 16.9. The van der Waals surface area contributed by atoms with Crippen LogP contribution < -0.4 is 0 Å². The fourth-order valence-corrected chi connectivity index (χ4v) is 7.95. The van der Waals surface area contributed by atoms with Crippen LogP contribution in [0.4, 0.5) is 0 Å². The smallest absolute Gasteiger partial charge is 0.166 e. The lowest BCUT2D eigenvalue weighted by Crippen LogP contribution is -2.02. The van der Waals surface area contributed by atoms with Gasteiger partial charge >= 0.3 is 0 Å². The Labute approximate surface area is 393 Å². The lowest BCUT2D eigenvalue weighted by molar-refractivity contribution is 0.669. The molecule has 0 N–H and O–H groups in total. The third kappa shape index (κ3) is 5.62. The van der Waals surface area contributed by atoms with Crippen LogP contribution in [0.2, 0.25) is 0 Å². The number of hydrogen-bond acceptors (Lipinski definition) is 4. The maximum atomic E-state index is 10.1. The van der Waals surface area contributed by atoms with Gasteiger partial charge in [0.25, 0.3) is 0 Å². The van der Waals surface area contributed by atoms with E-state index < -0.39 is 189 Å². The Morgan fingerprint density at radius 2 is 1.05 bits per heavy atom. The van der Waals surface area contributed by atoms with Gasteiger partial charge in [-0.25, -0.2) is 15.0 Å². The van der Waals surface area contributed by atoms with Crippen molar-refractivity contribution in [3.8, 4) is 56.7 Å². The van der Waals surface area contributed by atoms with Gasteiger partial charge in [0, 0.05) is 60.4 Å². The van der Waals surface area contributed by atoms with Gasteiger partial charge in [-0.05, 0) is 77.6 Å². The summed E-state index contributed by atoms with van der Waals surface area (Å²) in [7, 11) is 0. The second-order valence-corrected chi connectivity index (χ2v) is 14.2. The molecule has 0 aliphatic carbocycles. The number of para-hydroxylation sites is 3. The van der Waals surface area contributed by atoms with Gasteiger partial charge in [0.15, 0.2) is 17.5 Å². The summed E-state index contributed by atoms with van der Waals surface area (Å²) < 4.78 is 218. The highest BCUT2D eigenvalue weighted by atomic mass is 16.3. The molecule has 13 aromatic rings. The SMILES string of the molecule is [2H]c1c([2H])c([2H])c(-c2c([2H])c([2H])c3c(c2[2H])c2c([2H])c([2H])c([2H])c([2H])c2n3-c2c([2H])c([2H])c3oc4cc5c6c([2H])c([2H])c([2H])c(-c7nc(-c8ccccc8)nc(-c8ccccc8)n7)c6n(-c6c([2H])c([2H])c([2H])c([2H])c6[2H])c5cc4c3c2[2H])c([2H])c1[2H]. The van der Waals surface area contributed by atoms with Gasteiger partial charge in [0.2, 0.25) is 0 Å². The first-order chi connectivity index (χ1) is 40.8. The third-order valence-corrected chi connectivity index (χ3v) is 10.7. The largest absolute Gasteiger partial charge is 0.456 e. The molecule has 0 saturated carbocycles. The van der Waals surface area contributed by atoms with Crippen molar-refractivity contribution in [2.75, 3.05) is 0 Å². The minimum absolute atomic E-state index is 0.0289. The quantitative estimate of drug-likeness (QED) is 0.167. The molecule has 0 atom stereocenters. The molecule has 13 rings (SSSR count). The summed E-state index contributed by atoms with van der Waals surface area (Å²) in [6, 6.07) is 2.50. The Bertz CT molecular complexity index is 5160. The van der Waals surface area contributed by atoms with Crippen molar-refractivity contribution in [2.45, 2.75) is 0 Å². The average molecular weight is 829 g/mol. The number of benzene rings is 9. The van der Waals surface area contributed by atoms with E-state index in [0.29, 0.717) is 11.1 Å². The first-order valence-corrected chi connectivity index (χ1v) is 19.3. The summed E-state index contributed by atoms with van der Waals surface area (Å²) in [5.41, 5.74) is -3.48. The molecule has 6 heteroatoms. The van der Waals surface area contributed by atoms with Crippen LogP contribution in [-0.2, 0) is 0 Å². The zero-order valence-corrected chi connectivity index (χ0v) is 32.1. The first-order valence-electron chi connectivity index (χ1n) is 30.8. The Kier molecular flexibility index (Phi) is 4.30. The summed E-state index contributed by atoms with van der Waals surface area (Å²) >= 11 is 0. The third-order valence-electron chi connectivity index (χ3n) is 10.7. The van der Waals surface area contributed by atoms with Gasteiger partial charge in [-0.3, -0.25) is 0 Å². The molecule has 63 heavy (non-hydrogen) atoms. The second kappa shape index (κ2) is 14.0. The average Bonchev–Trinajstić information content (AvgIpc) is 1.54. The summed E-state index contributed by atoms with van der Waals surface area (Å²) in [6.07, 6.45) is 0. The Morgan fingerprint density at radius 3 is 1.81 bits per heavy atom. The van der Waals surface area contributed by atoms with E-state index in [1.807, 2.05) is 0 Å². The van der Waals surface area contributed by atoms with Crippen LogP contribution in [0, 0.1) is 0 Å². The van der Waals surface area contributed by atoms with Crippen molar-refractivity contribution in [1.29, 1.82) is 0 Å². The van der Waals surface area contributed by atoms with Crippen molar-refractivity contribution in [3.63, 3.8) is 0 Å². The Morgan fingerprint density at radius 1 is 0.381 bits per heavy atom. The molecule has 0 aliphatic heterocycles. The standard InChI is InChI=1S/C57H35N5O/c1-5-16-36(17-6-1)39-28-30-50-45(32-39)42-24-13-14-27-49(42)61(50)41-29-31-52-47(33-41)48-34-51-46(35-53(48)63-52)43-25-15-26-44(54(43)62(51)40-22-11-4-12-23-40)57-59-55(37-18-7-2-8-19-37)58-56(60-57)38-20-9-3-10-21-38/h1-35H/i1D,4D,5D,6D,11D,12D,13D,14D,15D,16D,17D,22D,23D,24D,25D,26D,27D,28D,29D,30D,31D,32D,33D. The van der Waals surface area contributed by atoms with Crippen molar-refractivity contribution >= 4 is 65.6 Å². The maximum absolute atomic E-state index is 10.1. The highest BCUT2D eigenvalue weighted by molar-refractivity contribution is 6.19. The van der Waals surface area contributed by atoms with Crippen molar-refractivity contribution in [2.24, 2.45) is 0 Å². The number of furan rings is 1. The summed E-state index contributed by atoms with van der Waals surface area (Å²) in [4.78, 5) is 14.5. The van der Waals surface area contributed by atoms with Crippen LogP contribution in [0.1, 0.15) is 31.5 Å². The lowest BCUT2D eigenvalue weighted by atomic mass is 10.0. The van der Waals surface area contributed by atoms with Gasteiger partial charge in [-0.2, -0.15) is 0 Å². The fraction of sp³-hybridized carbons (Fsp3) is 0. The molecule has 4 aromatic heterocycles. The number of hydrogen-bond donors (Lipinski definition) is 0. The van der Waals surface area contributed by atoms with Crippen LogP contribution in [0.15, 0.2) is 216 Å². The highest BCUT2D eigenvalue weighted by Crippen LogP contribution is 2.43. The molecule has 0 fully saturated rings. The second-order valence-electron chi connectivity index (χ2n) is 14.2. The molecule has 0 bridgehead atoms. The molecule has 0 saturated heterocycles. The molecule has 0 aliphatic rings. The van der Waals surface area contributed by atoms with E-state index in [9.17, 15) is 17.8 Å². The van der Waals surface area contributed by atoms with E-state index in [-0.39, 0.29) is 61.2 Å². The van der Waals surface area contributed by atoms with Crippen molar-refractivity contribution in [1.82, 2.24) is 24.1 Å². The van der Waals surface area contributed by atoms with E-state index in [0.717, 1.165) is 4.57 Å². The van der Waals surface area contributed by atoms with Crippen LogP contribution in [-0.4, -0.2) is 24.1 Å². The van der Waals surface area contributed by atoms with Gasteiger partial charge in [-0.1, -0.05) is 145 Å². The maximum Gasteiger partial charge on any atom is 0.166 e. The summed E-state index contributed by atoms with van der Waals surface area (Å²) in [5.74, 6) is 0.0394. The lowest BCUT2D eigenvalue weighted by Gasteiger charge is -2.12. The fourth-order valence-electron chi connectivity index (χ4n) is 7.95. The van der Waals surface area contributed by atoms with E-state index in [1.54, 1.807) is 60.7 Å². The number of nitrogens with zero attached hydrogens (tertiary/aromatic N) is 5. The van der Waals surface area contributed by atoms with Crippen LogP contribution >= 0.6 is 0 Å². The monoisotopic (exact) mass is 828 g/mol. The minimum Gasteiger partial charge on any atom is -0.456 e. The van der Waals surface area contributed by atoms with E-state index >= 15 is 0 Å². The van der Waals surface area contributed by atoms with Crippen molar-refractivity contribution in [3.05, 3.63) is 212 Å². The predicted octanol–water partition coefficient (Wildman–Crippen LogP) is 14.6. The molecule has 294 valence electrons. The summed E-state index contributed by atoms with van der Waals surface area (Å²) in [6.45, 7) is 0. The first kappa shape index (κ1) is 19.4.